The monoisotopic (exact) mass is 1620 g/mol. The topological polar surface area (TPSA) is 261 Å². The quantitative estimate of drug-likeness (QED) is 0.0104. The number of aliphatic imine (C=N–C) groups is 3. The number of phenolic OH excluding ortho intramolecular Hbond substituents is 1. The summed E-state index contributed by atoms with van der Waals surface area (Å²) in [5.74, 6) is -1.88. The Morgan fingerprint density at radius 2 is 1.18 bits per heavy atom. The number of ketones is 1. The molecule has 580 valence electrons. The molecule has 1 unspecified atom stereocenters. The van der Waals surface area contributed by atoms with Gasteiger partial charge in [0.25, 0.3) is 11.8 Å². The third kappa shape index (κ3) is 25.4. The molecule has 1 atom stereocenters. The van der Waals surface area contributed by atoms with Gasteiger partial charge < -0.3 is 25.0 Å². The number of amidine groups is 1. The van der Waals surface area contributed by atoms with Crippen LogP contribution in [0.5, 0.6) is 5.75 Å². The van der Waals surface area contributed by atoms with E-state index in [4.69, 9.17) is 84.3 Å². The predicted molar refractivity (Wildman–Crippen MR) is 442 cm³/mol. The Morgan fingerprint density at radius 3 is 1.71 bits per heavy atom. The second-order valence-corrected chi connectivity index (χ2v) is 33.1. The molecule has 107 heavy (non-hydrogen) atoms. The van der Waals surface area contributed by atoms with E-state index in [9.17, 15) is 41.1 Å². The number of ether oxygens (including phenoxy) is 1. The van der Waals surface area contributed by atoms with Crippen LogP contribution >= 0.6 is 69.6 Å². The maximum Gasteiger partial charge on any atom is 0.339 e. The van der Waals surface area contributed by atoms with Gasteiger partial charge in [-0.1, -0.05) is 180 Å². The number of hydrogen-bond acceptors (Lipinski definition) is 15. The van der Waals surface area contributed by atoms with Crippen molar-refractivity contribution in [2.75, 3.05) is 78.5 Å². The van der Waals surface area contributed by atoms with Gasteiger partial charge in [-0.2, -0.15) is 0 Å². The number of aromatic hydroxyl groups is 1. The molecule has 1 saturated carbocycles. The first kappa shape index (κ1) is 87.4. The Morgan fingerprint density at radius 1 is 0.626 bits per heavy atom. The van der Waals surface area contributed by atoms with Crippen LogP contribution in [0.1, 0.15) is 188 Å². The van der Waals surface area contributed by atoms with Crippen LogP contribution in [0.2, 0.25) is 30.1 Å². The van der Waals surface area contributed by atoms with Crippen LogP contribution in [-0.2, 0) is 45.6 Å². The Hall–Kier alpha value is -6.83. The number of carbonyl (C=O) groups excluding carboxylic acids is 4. The molecule has 20 nitrogen and oxygen atoms in total. The molecule has 0 aromatic heterocycles. The van der Waals surface area contributed by atoms with Crippen LogP contribution in [0.4, 0.5) is 39.8 Å². The Balaban J connectivity index is 0.000000299. The summed E-state index contributed by atoms with van der Waals surface area (Å²) in [5.41, 5.74) is 10.0. The molecule has 5 N–H and O–H groups in total. The number of halogens is 6. The maximum atomic E-state index is 14.2. The van der Waals surface area contributed by atoms with Crippen molar-refractivity contribution in [2.24, 2.45) is 20.4 Å². The van der Waals surface area contributed by atoms with E-state index in [0.29, 0.717) is 78.3 Å². The second-order valence-electron chi connectivity index (χ2n) is 27.0. The van der Waals surface area contributed by atoms with Crippen LogP contribution in [0, 0.1) is 19.3 Å². The number of nitrogens with one attached hydrogen (secondary N) is 4. The minimum Gasteiger partial charge on any atom is -0.508 e. The van der Waals surface area contributed by atoms with Crippen LogP contribution in [-0.4, -0.2) is 121 Å². The molecule has 8 rings (SSSR count). The fourth-order valence-electron chi connectivity index (χ4n) is 12.5. The summed E-state index contributed by atoms with van der Waals surface area (Å²) in [7, 11) is -6.63. The lowest BCUT2D eigenvalue weighted by molar-refractivity contribution is -0.119. The lowest BCUT2D eigenvalue weighted by atomic mass is 9.87. The van der Waals surface area contributed by atoms with Gasteiger partial charge in [0.2, 0.25) is 20.0 Å². The SMILES string of the molecule is CCCCCCCCCCCCOC(=O)c1cc(NC(=O)C(=Nc2ccc(N(CC)CCNS(C)(=O)=O)cc2C)C(=O)C2(CC)CC2)c(Cl)cc1Cl.CCCCc1cc(C(CC)c2ccc(Cl)c(N=C3NN(c4c(Cl)cc(Cl)cc4Cl)C(=O)C3=Nc3ccc(N(CC)CCNS(C)(=O)=O)cc3C)c2)ccc1O. The number of phenols is 1. The number of esters is 1. The van der Waals surface area contributed by atoms with Crippen molar-refractivity contribution >= 4 is 170 Å². The number of likely N-dealkylation sites (N-methyl/N-ethyl adjacent to an activating group) is 2. The lowest BCUT2D eigenvalue weighted by Crippen LogP contribution is -2.36. The number of anilines is 4. The van der Waals surface area contributed by atoms with Gasteiger partial charge in [0.05, 0.1) is 72.5 Å². The average Bonchev–Trinajstić information content (AvgIpc) is 1.64. The third-order valence-corrected chi connectivity index (χ3v) is 22.1. The van der Waals surface area contributed by atoms with E-state index in [0.717, 1.165) is 96.6 Å². The Kier molecular flexibility index (Phi) is 33.7. The van der Waals surface area contributed by atoms with Crippen LogP contribution in [0.3, 0.4) is 0 Å². The molecule has 1 aliphatic carbocycles. The molecule has 6 aromatic carbocycles. The van der Waals surface area contributed by atoms with Gasteiger partial charge in [-0.25, -0.2) is 51.1 Å². The van der Waals surface area contributed by atoms with Crippen LogP contribution < -0.4 is 35.0 Å². The number of aryl methyl sites for hydroxylation is 3. The van der Waals surface area contributed by atoms with E-state index in [1.807, 2.05) is 86.9 Å². The average molecular weight is 1630 g/mol. The van der Waals surface area contributed by atoms with Crippen molar-refractivity contribution < 1.29 is 45.9 Å². The molecule has 1 heterocycles. The third-order valence-electron chi connectivity index (χ3n) is 18.9. The zero-order valence-corrected chi connectivity index (χ0v) is 68.8. The van der Waals surface area contributed by atoms with Gasteiger partial charge in [-0.15, -0.1) is 0 Å². The molecule has 1 saturated heterocycles. The fraction of sp³-hybridized carbons (Fsp3) is 0.456. The molecular weight excluding hydrogens is 1530 g/mol. The van der Waals surface area contributed by atoms with Crippen molar-refractivity contribution in [1.29, 1.82) is 0 Å². The maximum absolute atomic E-state index is 14.2. The molecule has 28 heteroatoms. The number of hydrogen-bond donors (Lipinski definition) is 5. The zero-order valence-electron chi connectivity index (χ0n) is 62.7. The van der Waals surface area contributed by atoms with Crippen molar-refractivity contribution in [3.05, 3.63) is 161 Å². The van der Waals surface area contributed by atoms with Gasteiger partial charge in [-0.05, 0) is 179 Å². The van der Waals surface area contributed by atoms with Crippen molar-refractivity contribution in [3.63, 3.8) is 0 Å². The Bertz CT molecular complexity index is 4460. The van der Waals surface area contributed by atoms with Crippen molar-refractivity contribution in [1.82, 2.24) is 14.9 Å². The first-order chi connectivity index (χ1) is 50.9. The molecule has 2 aliphatic rings. The molecule has 0 radical (unpaired) electrons. The summed E-state index contributed by atoms with van der Waals surface area (Å²) in [6, 6.07) is 28.2. The molecule has 6 aromatic rings. The number of benzene rings is 6. The van der Waals surface area contributed by atoms with Crippen molar-refractivity contribution in [3.8, 4) is 5.75 Å². The summed E-state index contributed by atoms with van der Waals surface area (Å²) in [5, 5.41) is 15.6. The molecule has 0 spiro atoms. The Labute approximate surface area is 661 Å². The number of hydrazine groups is 1. The fourth-order valence-corrected chi connectivity index (χ4v) is 15.1. The number of Topliss-reactive ketones (excluding diaryl/α,β-unsaturated/α-hetero) is 1. The van der Waals surface area contributed by atoms with Gasteiger partial charge in [0, 0.05) is 67.0 Å². The van der Waals surface area contributed by atoms with Gasteiger partial charge in [0.15, 0.2) is 23.0 Å². The highest BCUT2D eigenvalue weighted by atomic mass is 35.5. The highest BCUT2D eigenvalue weighted by Gasteiger charge is 2.51. The van der Waals surface area contributed by atoms with Crippen LogP contribution in [0.15, 0.2) is 112 Å². The minimum atomic E-state index is -3.32. The van der Waals surface area contributed by atoms with Crippen molar-refractivity contribution in [2.45, 2.75) is 170 Å². The van der Waals surface area contributed by atoms with E-state index in [1.54, 1.807) is 24.3 Å². The standard InChI is InChI=1S/C40H44Cl4N6O4S.C39H56Cl2N4O6S/c1-6-9-10-27-20-25(12-16-36(27)51)30(7-2)26-11-14-31(42)35(21-26)47-39-37(40(52)50(48-39)38-32(43)22-28(41)23-33(38)44)46-34-15-13-29(19-24(34)4)49(8-3)18-17-45-55(5,53)54;1-6-9-10-11-12-13-14-15-16-17-24-51-38(48)30-26-34(32(41)27-31(30)40)44-37(47)35(36(46)39(7-2)20-21-39)43-33-19-18-29(25-28(33)4)45(8-3)23-22-42-52(5,49)50/h11-16,19-23,30,45,51H,6-10,17-18H2,1-5H3,(H,47,48);18-19,25-27,42H,6-17,20-24H2,1-5H3,(H,44,47). The number of rotatable bonds is 39. The summed E-state index contributed by atoms with van der Waals surface area (Å²) < 4.78 is 56.8. The molecule has 2 amide bonds. The molecular formula is C79H100Cl6N10O10S2. The highest BCUT2D eigenvalue weighted by molar-refractivity contribution is 7.89. The highest BCUT2D eigenvalue weighted by Crippen LogP contribution is 2.50. The molecule has 1 aliphatic heterocycles. The molecule has 0 bridgehead atoms. The normalized spacial score (nSPS) is 14.6. The first-order valence-electron chi connectivity index (χ1n) is 36.6. The van der Waals surface area contributed by atoms with Gasteiger partial charge in [-0.3, -0.25) is 19.8 Å². The summed E-state index contributed by atoms with van der Waals surface area (Å²) in [4.78, 5) is 73.3. The number of amides is 2. The van der Waals surface area contributed by atoms with E-state index in [2.05, 4.69) is 52.0 Å². The van der Waals surface area contributed by atoms with Gasteiger partial charge in [0.1, 0.15) is 11.4 Å². The van der Waals surface area contributed by atoms with E-state index < -0.39 is 43.2 Å². The van der Waals surface area contributed by atoms with Gasteiger partial charge >= 0.3 is 5.97 Å². The largest absolute Gasteiger partial charge is 0.508 e. The first-order valence-corrected chi connectivity index (χ1v) is 42.7. The van der Waals surface area contributed by atoms with Crippen LogP contribution in [0.25, 0.3) is 0 Å². The number of unbranched alkanes of at least 4 members (excludes halogenated alkanes) is 10. The summed E-state index contributed by atoms with van der Waals surface area (Å²) >= 11 is 39.0. The number of sulfonamides is 2. The van der Waals surface area contributed by atoms with E-state index >= 15 is 0 Å². The number of carbonyl (C=O) groups is 4. The van der Waals surface area contributed by atoms with E-state index in [1.165, 1.54) is 74.2 Å². The van der Waals surface area contributed by atoms with E-state index in [-0.39, 0.29) is 85.7 Å². The second kappa shape index (κ2) is 41.3. The summed E-state index contributed by atoms with van der Waals surface area (Å²) in [6.45, 7) is 19.0. The predicted octanol–water partition coefficient (Wildman–Crippen LogP) is 19.2. The zero-order chi connectivity index (χ0) is 78.3. The molecule has 2 fully saturated rings. The smallest absolute Gasteiger partial charge is 0.339 e. The minimum absolute atomic E-state index is 0.00440. The lowest BCUT2D eigenvalue weighted by Gasteiger charge is -2.24. The summed E-state index contributed by atoms with van der Waals surface area (Å²) in [6.07, 6.45) is 19.3. The number of nitrogens with zero attached hydrogens (tertiary/aromatic N) is 6.